The summed E-state index contributed by atoms with van der Waals surface area (Å²) in [5.41, 5.74) is -0.0114. The summed E-state index contributed by atoms with van der Waals surface area (Å²) in [7, 11) is 0. The van der Waals surface area contributed by atoms with Crippen molar-refractivity contribution in [2.75, 3.05) is 13.1 Å². The van der Waals surface area contributed by atoms with E-state index in [0.29, 0.717) is 10.6 Å². The number of hydrogen-bond donors (Lipinski definition) is 0. The number of hydrogen-bond acceptors (Lipinski definition) is 3. The van der Waals surface area contributed by atoms with Crippen molar-refractivity contribution in [2.45, 2.75) is 6.18 Å². The normalized spacial score (nSPS) is 10.8. The molecule has 0 radical (unpaired) electrons. The van der Waals surface area contributed by atoms with Crippen molar-refractivity contribution in [3.05, 3.63) is 52.6 Å². The number of ether oxygens (including phenoxy) is 1. The van der Waals surface area contributed by atoms with Gasteiger partial charge in [0.25, 0.3) is 5.91 Å². The molecular weight excluding hydrogens is 401 g/mol. The quantitative estimate of drug-likeness (QED) is 0.688. The largest absolute Gasteiger partial charge is 0.439 e. The average molecular weight is 413 g/mol. The standard InChI is InChI=1S/C17H12BrF3N2O2/c1-2-9-23(11-17(19,20)21)16(24)12-3-8-15(22-10-12)25-14-6-4-13(18)5-7-14/h1,3-8,10H,9,11H2. The fourth-order valence-corrected chi connectivity index (χ4v) is 2.16. The number of carbonyl (C=O) groups is 1. The van der Waals surface area contributed by atoms with Gasteiger partial charge in [-0.3, -0.25) is 4.79 Å². The first kappa shape index (κ1) is 18.8. The van der Waals surface area contributed by atoms with Crippen LogP contribution in [0.1, 0.15) is 10.4 Å². The molecular formula is C17H12BrF3N2O2. The van der Waals surface area contributed by atoms with E-state index in [1.54, 1.807) is 24.3 Å². The van der Waals surface area contributed by atoms with Crippen molar-refractivity contribution >= 4 is 21.8 Å². The predicted molar refractivity (Wildman–Crippen MR) is 89.2 cm³/mol. The second-order valence-electron chi connectivity index (χ2n) is 4.92. The molecule has 0 spiro atoms. The van der Waals surface area contributed by atoms with Crippen molar-refractivity contribution in [1.29, 1.82) is 0 Å². The molecule has 2 rings (SSSR count). The average Bonchev–Trinajstić information content (AvgIpc) is 2.55. The smallest absolute Gasteiger partial charge is 0.406 e. The number of pyridine rings is 1. The van der Waals surface area contributed by atoms with E-state index in [1.807, 2.05) is 5.92 Å². The van der Waals surface area contributed by atoms with Crippen LogP contribution in [0.25, 0.3) is 0 Å². The SMILES string of the molecule is C#CCN(CC(F)(F)F)C(=O)c1ccc(Oc2ccc(Br)cc2)nc1. The molecule has 130 valence electrons. The topological polar surface area (TPSA) is 42.4 Å². The number of alkyl halides is 3. The van der Waals surface area contributed by atoms with E-state index in [4.69, 9.17) is 11.2 Å². The van der Waals surface area contributed by atoms with Crippen molar-refractivity contribution in [3.63, 3.8) is 0 Å². The van der Waals surface area contributed by atoms with Gasteiger partial charge >= 0.3 is 6.18 Å². The van der Waals surface area contributed by atoms with E-state index in [9.17, 15) is 18.0 Å². The third-order valence-electron chi connectivity index (χ3n) is 2.96. The number of halogens is 4. The highest BCUT2D eigenvalue weighted by atomic mass is 79.9. The molecule has 0 N–H and O–H groups in total. The van der Waals surface area contributed by atoms with E-state index in [-0.39, 0.29) is 11.4 Å². The predicted octanol–water partition coefficient (Wildman–Crippen LogP) is 4.27. The number of amides is 1. The Hall–Kier alpha value is -2.53. The molecule has 1 amide bonds. The van der Waals surface area contributed by atoms with Crippen molar-refractivity contribution in [3.8, 4) is 24.0 Å². The van der Waals surface area contributed by atoms with Crippen LogP contribution in [-0.4, -0.2) is 35.1 Å². The molecule has 0 saturated heterocycles. The van der Waals surface area contributed by atoms with E-state index >= 15 is 0 Å². The Morgan fingerprint density at radius 3 is 2.44 bits per heavy atom. The number of terminal acetylenes is 1. The summed E-state index contributed by atoms with van der Waals surface area (Å²) < 4.78 is 44.0. The van der Waals surface area contributed by atoms with Crippen LogP contribution in [0.4, 0.5) is 13.2 Å². The molecule has 2 aromatic rings. The number of nitrogens with zero attached hydrogens (tertiary/aromatic N) is 2. The van der Waals surface area contributed by atoms with Gasteiger partial charge in [-0.15, -0.1) is 6.42 Å². The summed E-state index contributed by atoms with van der Waals surface area (Å²) in [6.45, 7) is -1.87. The second kappa shape index (κ2) is 8.03. The first-order chi connectivity index (χ1) is 11.8. The lowest BCUT2D eigenvalue weighted by Gasteiger charge is -2.21. The molecule has 4 nitrogen and oxygen atoms in total. The van der Waals surface area contributed by atoms with Crippen LogP contribution < -0.4 is 4.74 Å². The maximum absolute atomic E-state index is 12.5. The molecule has 0 aliphatic rings. The van der Waals surface area contributed by atoms with Gasteiger partial charge in [-0.25, -0.2) is 4.98 Å². The Kier molecular flexibility index (Phi) is 6.04. The molecule has 1 aromatic heterocycles. The molecule has 0 unspecified atom stereocenters. The Balaban J connectivity index is 2.10. The zero-order valence-corrected chi connectivity index (χ0v) is 14.3. The molecule has 0 atom stereocenters. The van der Waals surface area contributed by atoms with Gasteiger partial charge in [-0.2, -0.15) is 13.2 Å². The van der Waals surface area contributed by atoms with Crippen molar-refractivity contribution in [1.82, 2.24) is 9.88 Å². The fraction of sp³-hybridized carbons (Fsp3) is 0.176. The van der Waals surface area contributed by atoms with Gasteiger partial charge in [0, 0.05) is 16.7 Å². The number of benzene rings is 1. The number of rotatable bonds is 5. The summed E-state index contributed by atoms with van der Waals surface area (Å²) in [4.78, 5) is 16.6. The van der Waals surface area contributed by atoms with Gasteiger partial charge in [0.05, 0.1) is 12.1 Å². The summed E-state index contributed by atoms with van der Waals surface area (Å²) >= 11 is 3.30. The minimum atomic E-state index is -4.54. The van der Waals surface area contributed by atoms with E-state index in [0.717, 1.165) is 10.7 Å². The van der Waals surface area contributed by atoms with E-state index in [1.165, 1.54) is 12.1 Å². The van der Waals surface area contributed by atoms with Crippen LogP contribution in [0.3, 0.4) is 0 Å². The van der Waals surface area contributed by atoms with Gasteiger partial charge in [-0.05, 0) is 30.3 Å². The van der Waals surface area contributed by atoms with Gasteiger partial charge in [0.2, 0.25) is 5.88 Å². The summed E-state index contributed by atoms with van der Waals surface area (Å²) in [5, 5.41) is 0. The molecule has 0 aliphatic heterocycles. The van der Waals surface area contributed by atoms with Crippen LogP contribution in [0.2, 0.25) is 0 Å². The minimum Gasteiger partial charge on any atom is -0.439 e. The molecule has 1 heterocycles. The van der Waals surface area contributed by atoms with Gasteiger partial charge in [0.15, 0.2) is 0 Å². The van der Waals surface area contributed by atoms with Crippen molar-refractivity contribution < 1.29 is 22.7 Å². The monoisotopic (exact) mass is 412 g/mol. The third-order valence-corrected chi connectivity index (χ3v) is 3.49. The van der Waals surface area contributed by atoms with E-state index in [2.05, 4.69) is 20.9 Å². The molecule has 0 bridgehead atoms. The third kappa shape index (κ3) is 5.80. The molecule has 0 fully saturated rings. The van der Waals surface area contributed by atoms with Gasteiger partial charge in [0.1, 0.15) is 12.3 Å². The first-order valence-corrected chi connectivity index (χ1v) is 7.77. The van der Waals surface area contributed by atoms with Crippen LogP contribution in [-0.2, 0) is 0 Å². The van der Waals surface area contributed by atoms with E-state index < -0.39 is 25.2 Å². The lowest BCUT2D eigenvalue weighted by Crippen LogP contribution is -2.39. The summed E-state index contributed by atoms with van der Waals surface area (Å²) in [6.07, 6.45) is 1.65. The highest BCUT2D eigenvalue weighted by molar-refractivity contribution is 9.10. The van der Waals surface area contributed by atoms with Crippen LogP contribution >= 0.6 is 15.9 Å². The summed E-state index contributed by atoms with van der Waals surface area (Å²) in [6, 6.07) is 9.72. The van der Waals surface area contributed by atoms with Gasteiger partial charge < -0.3 is 9.64 Å². The maximum atomic E-state index is 12.5. The number of aromatic nitrogens is 1. The fourth-order valence-electron chi connectivity index (χ4n) is 1.90. The first-order valence-electron chi connectivity index (χ1n) is 6.97. The highest BCUT2D eigenvalue weighted by Gasteiger charge is 2.33. The molecule has 0 saturated carbocycles. The molecule has 0 aliphatic carbocycles. The number of carbonyl (C=O) groups excluding carboxylic acids is 1. The van der Waals surface area contributed by atoms with Crippen LogP contribution in [0, 0.1) is 12.3 Å². The summed E-state index contributed by atoms with van der Waals surface area (Å²) in [5.74, 6) is 1.93. The van der Waals surface area contributed by atoms with Gasteiger partial charge in [-0.1, -0.05) is 21.9 Å². The molecule has 8 heteroatoms. The Morgan fingerprint density at radius 2 is 1.92 bits per heavy atom. The maximum Gasteiger partial charge on any atom is 0.406 e. The lowest BCUT2D eigenvalue weighted by atomic mass is 10.2. The Morgan fingerprint density at radius 1 is 1.24 bits per heavy atom. The Bertz CT molecular complexity index is 768. The lowest BCUT2D eigenvalue weighted by molar-refractivity contribution is -0.139. The minimum absolute atomic E-state index is 0.0114. The van der Waals surface area contributed by atoms with Crippen molar-refractivity contribution in [2.24, 2.45) is 0 Å². The second-order valence-corrected chi connectivity index (χ2v) is 5.84. The zero-order chi connectivity index (χ0) is 18.4. The zero-order valence-electron chi connectivity index (χ0n) is 12.8. The molecule has 1 aromatic carbocycles. The van der Waals surface area contributed by atoms with Crippen LogP contribution in [0.5, 0.6) is 11.6 Å². The molecule has 25 heavy (non-hydrogen) atoms. The van der Waals surface area contributed by atoms with Crippen LogP contribution in [0.15, 0.2) is 47.1 Å². The highest BCUT2D eigenvalue weighted by Crippen LogP contribution is 2.22. The Labute approximate surface area is 150 Å².